The molecule has 0 fully saturated rings. The summed E-state index contributed by atoms with van der Waals surface area (Å²) in [6.45, 7) is 1.12. The quantitative estimate of drug-likeness (QED) is 0.579. The van der Waals surface area contributed by atoms with E-state index in [0.717, 1.165) is 23.4 Å². The van der Waals surface area contributed by atoms with Gasteiger partial charge in [0.1, 0.15) is 5.82 Å². The summed E-state index contributed by atoms with van der Waals surface area (Å²) in [5.74, 6) is 1.18. The van der Waals surface area contributed by atoms with E-state index >= 15 is 0 Å². The van der Waals surface area contributed by atoms with Gasteiger partial charge in [0.05, 0.1) is 12.3 Å². The van der Waals surface area contributed by atoms with Crippen molar-refractivity contribution < 1.29 is 5.11 Å². The Labute approximate surface area is 146 Å². The van der Waals surface area contributed by atoms with Crippen molar-refractivity contribution in [2.75, 3.05) is 30.3 Å². The zero-order valence-corrected chi connectivity index (χ0v) is 13.8. The number of nitrogens with one attached hydrogen (secondary N) is 2. The highest BCUT2D eigenvalue weighted by atomic mass is 16.3. The molecule has 7 heteroatoms. The zero-order valence-electron chi connectivity index (χ0n) is 13.8. The van der Waals surface area contributed by atoms with Gasteiger partial charge in [-0.3, -0.25) is 9.97 Å². The van der Waals surface area contributed by atoms with Crippen LogP contribution in [-0.4, -0.2) is 44.7 Å². The molecule has 0 amide bonds. The Balaban J connectivity index is 1.75. The molecule has 3 heterocycles. The highest BCUT2D eigenvalue weighted by Gasteiger charge is 2.07. The Hall–Kier alpha value is -3.06. The van der Waals surface area contributed by atoms with Gasteiger partial charge in [-0.15, -0.1) is 0 Å². The largest absolute Gasteiger partial charge is 0.395 e. The van der Waals surface area contributed by atoms with Crippen LogP contribution in [0.2, 0.25) is 0 Å². The molecule has 0 saturated carbocycles. The van der Waals surface area contributed by atoms with Crippen molar-refractivity contribution in [1.29, 1.82) is 0 Å². The second kappa shape index (κ2) is 8.70. The average Bonchev–Trinajstić information content (AvgIpc) is 2.68. The van der Waals surface area contributed by atoms with Crippen molar-refractivity contribution in [3.05, 3.63) is 60.7 Å². The number of aliphatic hydroxyl groups is 1. The molecule has 0 aliphatic carbocycles. The first-order chi connectivity index (χ1) is 12.3. The summed E-state index contributed by atoms with van der Waals surface area (Å²) in [4.78, 5) is 17.4. The number of aliphatic hydroxyl groups excluding tert-OH is 1. The van der Waals surface area contributed by atoms with Crippen LogP contribution < -0.4 is 10.6 Å². The number of anilines is 2. The van der Waals surface area contributed by atoms with E-state index in [1.807, 2.05) is 36.4 Å². The first-order valence-corrected chi connectivity index (χ1v) is 8.13. The van der Waals surface area contributed by atoms with Crippen molar-refractivity contribution in [2.45, 2.75) is 6.42 Å². The van der Waals surface area contributed by atoms with Crippen LogP contribution in [0.3, 0.4) is 0 Å². The van der Waals surface area contributed by atoms with Gasteiger partial charge in [-0.05, 0) is 24.3 Å². The summed E-state index contributed by atoms with van der Waals surface area (Å²) in [6, 6.07) is 11.6. The number of hydrogen-bond donors (Lipinski definition) is 3. The van der Waals surface area contributed by atoms with Crippen LogP contribution in [0.5, 0.6) is 0 Å². The van der Waals surface area contributed by atoms with E-state index in [1.54, 1.807) is 18.6 Å². The molecule has 0 unspecified atom stereocenters. The molecule has 0 aliphatic heterocycles. The van der Waals surface area contributed by atoms with Crippen LogP contribution in [0.1, 0.15) is 5.69 Å². The van der Waals surface area contributed by atoms with Crippen LogP contribution in [0.4, 0.5) is 11.8 Å². The van der Waals surface area contributed by atoms with Gasteiger partial charge >= 0.3 is 0 Å². The third-order valence-electron chi connectivity index (χ3n) is 3.49. The van der Waals surface area contributed by atoms with E-state index in [-0.39, 0.29) is 6.61 Å². The molecule has 3 aromatic rings. The fourth-order valence-corrected chi connectivity index (χ4v) is 2.31. The first kappa shape index (κ1) is 16.8. The lowest BCUT2D eigenvalue weighted by Crippen LogP contribution is -2.12. The van der Waals surface area contributed by atoms with Gasteiger partial charge < -0.3 is 15.7 Å². The molecule has 0 saturated heterocycles. The van der Waals surface area contributed by atoms with Crippen molar-refractivity contribution in [1.82, 2.24) is 19.9 Å². The Morgan fingerprint density at radius 1 is 0.960 bits per heavy atom. The Bertz CT molecular complexity index is 782. The third-order valence-corrected chi connectivity index (χ3v) is 3.49. The smallest absolute Gasteiger partial charge is 0.225 e. The van der Waals surface area contributed by atoms with Gasteiger partial charge in [0.25, 0.3) is 0 Å². The van der Waals surface area contributed by atoms with Gasteiger partial charge in [0, 0.05) is 55.4 Å². The highest BCUT2D eigenvalue weighted by Crippen LogP contribution is 2.20. The maximum atomic E-state index is 9.00. The second-order valence-electron chi connectivity index (χ2n) is 5.35. The third kappa shape index (κ3) is 4.95. The number of pyridine rings is 2. The van der Waals surface area contributed by atoms with Crippen LogP contribution in [-0.2, 0) is 6.42 Å². The van der Waals surface area contributed by atoms with E-state index in [2.05, 4.69) is 30.6 Å². The average molecular weight is 336 g/mol. The van der Waals surface area contributed by atoms with Crippen LogP contribution in [0.15, 0.2) is 55.0 Å². The standard InChI is InChI=1S/C18H20N6O/c25-11-10-22-18-23-16(14-4-3-7-19-13-14)12-17(24-18)21-9-6-15-5-1-2-8-20-15/h1-5,7-8,12-13,25H,6,9-11H2,(H2,21,22,23,24). The van der Waals surface area contributed by atoms with Crippen LogP contribution >= 0.6 is 0 Å². The monoisotopic (exact) mass is 336 g/mol. The van der Waals surface area contributed by atoms with E-state index in [1.165, 1.54) is 0 Å². The van der Waals surface area contributed by atoms with Crippen molar-refractivity contribution in [3.63, 3.8) is 0 Å². The number of rotatable bonds is 8. The molecule has 0 atom stereocenters. The van der Waals surface area contributed by atoms with Gasteiger partial charge in [0.15, 0.2) is 0 Å². The minimum atomic E-state index is 0.0168. The molecule has 25 heavy (non-hydrogen) atoms. The Morgan fingerprint density at radius 2 is 1.92 bits per heavy atom. The van der Waals surface area contributed by atoms with Gasteiger partial charge in [-0.2, -0.15) is 4.98 Å². The topological polar surface area (TPSA) is 95.8 Å². The SMILES string of the molecule is OCCNc1nc(NCCc2ccccn2)cc(-c2cccnc2)n1. The summed E-state index contributed by atoms with van der Waals surface area (Å²) in [6.07, 6.45) is 6.07. The molecule has 3 rings (SSSR count). The van der Waals surface area contributed by atoms with Gasteiger partial charge in [-0.1, -0.05) is 6.07 Å². The zero-order chi connectivity index (χ0) is 17.3. The van der Waals surface area contributed by atoms with E-state index < -0.39 is 0 Å². The molecular formula is C18H20N6O. The van der Waals surface area contributed by atoms with Crippen molar-refractivity contribution in [3.8, 4) is 11.3 Å². The summed E-state index contributed by atoms with van der Waals surface area (Å²) >= 11 is 0. The summed E-state index contributed by atoms with van der Waals surface area (Å²) in [5.41, 5.74) is 2.70. The number of hydrogen-bond acceptors (Lipinski definition) is 7. The maximum absolute atomic E-state index is 9.00. The van der Waals surface area contributed by atoms with Gasteiger partial charge in [-0.25, -0.2) is 4.98 Å². The van der Waals surface area contributed by atoms with Crippen LogP contribution in [0, 0.1) is 0 Å². The molecular weight excluding hydrogens is 316 g/mol. The lowest BCUT2D eigenvalue weighted by Gasteiger charge is -2.11. The maximum Gasteiger partial charge on any atom is 0.225 e. The normalized spacial score (nSPS) is 10.4. The molecule has 0 radical (unpaired) electrons. The minimum Gasteiger partial charge on any atom is -0.395 e. The summed E-state index contributed by atoms with van der Waals surface area (Å²) in [7, 11) is 0. The molecule has 7 nitrogen and oxygen atoms in total. The number of aromatic nitrogens is 4. The predicted octanol–water partition coefficient (Wildman–Crippen LogP) is 1.99. The number of nitrogens with zero attached hydrogens (tertiary/aromatic N) is 4. The second-order valence-corrected chi connectivity index (χ2v) is 5.35. The summed E-state index contributed by atoms with van der Waals surface area (Å²) < 4.78 is 0. The van der Waals surface area contributed by atoms with Crippen molar-refractivity contribution >= 4 is 11.8 Å². The lowest BCUT2D eigenvalue weighted by atomic mass is 10.2. The van der Waals surface area contributed by atoms with E-state index in [4.69, 9.17) is 5.11 Å². The summed E-state index contributed by atoms with van der Waals surface area (Å²) in [5, 5.41) is 15.3. The fraction of sp³-hybridized carbons (Fsp3) is 0.222. The van der Waals surface area contributed by atoms with Gasteiger partial charge in [0.2, 0.25) is 5.95 Å². The van der Waals surface area contributed by atoms with Crippen LogP contribution in [0.25, 0.3) is 11.3 Å². The Morgan fingerprint density at radius 3 is 2.68 bits per heavy atom. The molecule has 0 spiro atoms. The molecule has 0 bridgehead atoms. The molecule has 0 aromatic carbocycles. The molecule has 128 valence electrons. The highest BCUT2D eigenvalue weighted by molar-refractivity contribution is 5.63. The van der Waals surface area contributed by atoms with Crippen molar-refractivity contribution in [2.24, 2.45) is 0 Å². The van der Waals surface area contributed by atoms with E-state index in [9.17, 15) is 0 Å². The predicted molar refractivity (Wildman–Crippen MR) is 97.3 cm³/mol. The fourth-order valence-electron chi connectivity index (χ4n) is 2.31. The first-order valence-electron chi connectivity index (χ1n) is 8.13. The Kier molecular flexibility index (Phi) is 5.84. The molecule has 3 N–H and O–H groups in total. The molecule has 3 aromatic heterocycles. The lowest BCUT2D eigenvalue weighted by molar-refractivity contribution is 0.311. The molecule has 0 aliphatic rings. The van der Waals surface area contributed by atoms with E-state index in [0.29, 0.717) is 24.9 Å². The minimum absolute atomic E-state index is 0.0168.